The van der Waals surface area contributed by atoms with Crippen LogP contribution in [0.15, 0.2) is 29.3 Å². The highest BCUT2D eigenvalue weighted by molar-refractivity contribution is 6.02. The summed E-state index contributed by atoms with van der Waals surface area (Å²) >= 11 is 0. The van der Waals surface area contributed by atoms with Crippen LogP contribution in [0.4, 0.5) is 5.69 Å². The van der Waals surface area contributed by atoms with Gasteiger partial charge in [-0.05, 0) is 26.3 Å². The van der Waals surface area contributed by atoms with Crippen molar-refractivity contribution in [1.82, 2.24) is 5.32 Å². The molecule has 0 unspecified atom stereocenters. The molecule has 0 aromatic heterocycles. The molecule has 2 rings (SSSR count). The fraction of sp³-hybridized carbons (Fsp3) is 0.429. The first kappa shape index (κ1) is 15.0. The van der Waals surface area contributed by atoms with Crippen molar-refractivity contribution < 1.29 is 14.5 Å². The molecular formula is C14H17N3O4. The largest absolute Gasteiger partial charge is 0.459 e. The molecule has 0 aliphatic carbocycles. The van der Waals surface area contributed by atoms with E-state index in [0.717, 1.165) is 5.56 Å². The molecule has 112 valence electrons. The van der Waals surface area contributed by atoms with Crippen LogP contribution < -0.4 is 5.32 Å². The summed E-state index contributed by atoms with van der Waals surface area (Å²) in [5.41, 5.74) is 0.394. The minimum Gasteiger partial charge on any atom is -0.459 e. The smallest absolute Gasteiger partial charge is 0.292 e. The molecule has 1 aliphatic heterocycles. The molecule has 1 atom stereocenters. The molecule has 0 saturated heterocycles. The highest BCUT2D eigenvalue weighted by Crippen LogP contribution is 2.17. The number of carbonyl (C=O) groups excluding carboxylic acids is 1. The molecular weight excluding hydrogens is 274 g/mol. The Morgan fingerprint density at radius 3 is 2.48 bits per heavy atom. The summed E-state index contributed by atoms with van der Waals surface area (Å²) in [6, 6.07) is 5.74. The van der Waals surface area contributed by atoms with Crippen LogP contribution in [0.25, 0.3) is 0 Å². The fourth-order valence-electron chi connectivity index (χ4n) is 1.88. The molecule has 0 spiro atoms. The maximum atomic E-state index is 11.8. The van der Waals surface area contributed by atoms with Gasteiger partial charge >= 0.3 is 0 Å². The standard InChI is InChI=1S/C14H17N3O4/c1-14(2,3)21-13-15-11(12(18)16-13)8-9-4-6-10(7-5-9)17(19)20/h4-7,11H,8H2,1-3H3,(H,15,16,18)/t11-/m0/s1. The first-order valence-corrected chi connectivity index (χ1v) is 6.55. The molecule has 0 bridgehead atoms. The monoisotopic (exact) mass is 291 g/mol. The maximum absolute atomic E-state index is 11.8. The Kier molecular flexibility index (Phi) is 3.93. The molecule has 7 heteroatoms. The number of nitro benzene ring substituents is 1. The quantitative estimate of drug-likeness (QED) is 0.678. The zero-order chi connectivity index (χ0) is 15.6. The van der Waals surface area contributed by atoms with Gasteiger partial charge in [-0.3, -0.25) is 20.2 Å². The van der Waals surface area contributed by atoms with E-state index in [0.29, 0.717) is 6.42 Å². The lowest BCUT2D eigenvalue weighted by molar-refractivity contribution is -0.384. The van der Waals surface area contributed by atoms with Crippen molar-refractivity contribution in [3.8, 4) is 0 Å². The van der Waals surface area contributed by atoms with Gasteiger partial charge in [-0.1, -0.05) is 12.1 Å². The number of amides is 1. The van der Waals surface area contributed by atoms with Crippen molar-refractivity contribution in [1.29, 1.82) is 0 Å². The average Bonchev–Trinajstić information content (AvgIpc) is 2.67. The summed E-state index contributed by atoms with van der Waals surface area (Å²) in [4.78, 5) is 26.2. The van der Waals surface area contributed by atoms with E-state index in [1.165, 1.54) is 12.1 Å². The Labute approximate surface area is 122 Å². The minimum atomic E-state index is -0.566. The first-order chi connectivity index (χ1) is 9.74. The van der Waals surface area contributed by atoms with E-state index in [1.807, 2.05) is 20.8 Å². The fourth-order valence-corrected chi connectivity index (χ4v) is 1.88. The number of nitro groups is 1. The number of non-ortho nitro benzene ring substituents is 1. The Hall–Kier alpha value is -2.44. The summed E-state index contributed by atoms with van der Waals surface area (Å²) in [5.74, 6) is -0.229. The van der Waals surface area contributed by atoms with E-state index >= 15 is 0 Å². The van der Waals surface area contributed by atoms with Crippen LogP contribution in [-0.4, -0.2) is 28.5 Å². The minimum absolute atomic E-state index is 0.0230. The number of nitrogens with zero attached hydrogens (tertiary/aromatic N) is 2. The second kappa shape index (κ2) is 5.51. The van der Waals surface area contributed by atoms with E-state index in [-0.39, 0.29) is 17.6 Å². The van der Waals surface area contributed by atoms with E-state index in [2.05, 4.69) is 10.3 Å². The number of hydrogen-bond acceptors (Lipinski definition) is 5. The van der Waals surface area contributed by atoms with Crippen molar-refractivity contribution in [2.75, 3.05) is 0 Å². The van der Waals surface area contributed by atoms with Gasteiger partial charge in [0, 0.05) is 18.6 Å². The molecule has 1 amide bonds. The summed E-state index contributed by atoms with van der Waals surface area (Å²) < 4.78 is 5.52. The third-order valence-corrected chi connectivity index (χ3v) is 2.78. The van der Waals surface area contributed by atoms with E-state index < -0.39 is 16.6 Å². The molecule has 0 fully saturated rings. The number of amidine groups is 1. The summed E-state index contributed by atoms with van der Waals surface area (Å²) in [6.07, 6.45) is 0.376. The number of nitrogens with one attached hydrogen (secondary N) is 1. The molecule has 0 radical (unpaired) electrons. The number of hydrogen-bond donors (Lipinski definition) is 1. The van der Waals surface area contributed by atoms with Gasteiger partial charge in [0.15, 0.2) is 0 Å². The summed E-state index contributed by atoms with van der Waals surface area (Å²) in [7, 11) is 0. The maximum Gasteiger partial charge on any atom is 0.292 e. The van der Waals surface area contributed by atoms with E-state index in [9.17, 15) is 14.9 Å². The van der Waals surface area contributed by atoms with Crippen LogP contribution in [0.1, 0.15) is 26.3 Å². The molecule has 0 saturated carbocycles. The first-order valence-electron chi connectivity index (χ1n) is 6.55. The van der Waals surface area contributed by atoms with Gasteiger partial charge in [-0.2, -0.15) is 0 Å². The van der Waals surface area contributed by atoms with Crippen LogP contribution in [0.3, 0.4) is 0 Å². The van der Waals surface area contributed by atoms with Gasteiger partial charge in [0.2, 0.25) is 0 Å². The normalized spacial score (nSPS) is 18.1. The van der Waals surface area contributed by atoms with Crippen molar-refractivity contribution in [2.45, 2.75) is 38.8 Å². The lowest BCUT2D eigenvalue weighted by atomic mass is 10.1. The van der Waals surface area contributed by atoms with E-state index in [1.54, 1.807) is 12.1 Å². The number of ether oxygens (including phenoxy) is 1. The number of benzene rings is 1. The lowest BCUT2D eigenvalue weighted by Crippen LogP contribution is -2.35. The lowest BCUT2D eigenvalue weighted by Gasteiger charge is -2.19. The molecule has 1 aliphatic rings. The van der Waals surface area contributed by atoms with E-state index in [4.69, 9.17) is 4.74 Å². The SMILES string of the molecule is CC(C)(C)OC1=N[C@@H](Cc2ccc([N+](=O)[O-])cc2)C(=O)N1. The number of aliphatic imine (C=N–C) groups is 1. The van der Waals surface area contributed by atoms with Crippen molar-refractivity contribution in [3.63, 3.8) is 0 Å². The van der Waals surface area contributed by atoms with Crippen LogP contribution in [-0.2, 0) is 16.0 Å². The van der Waals surface area contributed by atoms with Gasteiger partial charge in [0.25, 0.3) is 17.6 Å². The molecule has 7 nitrogen and oxygen atoms in total. The van der Waals surface area contributed by atoms with Gasteiger partial charge in [0.1, 0.15) is 11.6 Å². The molecule has 1 aromatic rings. The van der Waals surface area contributed by atoms with Crippen LogP contribution in [0.5, 0.6) is 0 Å². The predicted molar refractivity (Wildman–Crippen MR) is 77.0 cm³/mol. The van der Waals surface area contributed by atoms with Crippen LogP contribution >= 0.6 is 0 Å². The van der Waals surface area contributed by atoms with Crippen LogP contribution in [0, 0.1) is 10.1 Å². The Morgan fingerprint density at radius 2 is 1.95 bits per heavy atom. The highest BCUT2D eigenvalue weighted by atomic mass is 16.6. The van der Waals surface area contributed by atoms with Crippen molar-refractivity contribution in [2.24, 2.45) is 4.99 Å². The molecule has 1 aromatic carbocycles. The van der Waals surface area contributed by atoms with Gasteiger partial charge < -0.3 is 4.74 Å². The second-order valence-corrected chi connectivity index (χ2v) is 5.78. The van der Waals surface area contributed by atoms with Gasteiger partial charge in [0.05, 0.1) is 4.92 Å². The predicted octanol–water partition coefficient (Wildman–Crippen LogP) is 1.81. The number of rotatable bonds is 3. The third kappa shape index (κ3) is 4.01. The molecule has 1 heterocycles. The average molecular weight is 291 g/mol. The topological polar surface area (TPSA) is 93.8 Å². The van der Waals surface area contributed by atoms with Crippen LogP contribution in [0.2, 0.25) is 0 Å². The Balaban J connectivity index is 2.05. The second-order valence-electron chi connectivity index (χ2n) is 5.78. The summed E-state index contributed by atoms with van der Waals surface area (Å²) in [6.45, 7) is 5.60. The molecule has 1 N–H and O–H groups in total. The third-order valence-electron chi connectivity index (χ3n) is 2.78. The molecule has 21 heavy (non-hydrogen) atoms. The van der Waals surface area contributed by atoms with Gasteiger partial charge in [-0.15, -0.1) is 0 Å². The Bertz CT molecular complexity index is 587. The van der Waals surface area contributed by atoms with Crippen molar-refractivity contribution in [3.05, 3.63) is 39.9 Å². The zero-order valence-corrected chi connectivity index (χ0v) is 12.1. The Morgan fingerprint density at radius 1 is 1.33 bits per heavy atom. The van der Waals surface area contributed by atoms with Crippen molar-refractivity contribution >= 4 is 17.6 Å². The zero-order valence-electron chi connectivity index (χ0n) is 12.1. The highest BCUT2D eigenvalue weighted by Gasteiger charge is 2.29. The number of carbonyl (C=O) groups is 1. The van der Waals surface area contributed by atoms with Gasteiger partial charge in [-0.25, -0.2) is 4.99 Å². The summed E-state index contributed by atoms with van der Waals surface area (Å²) in [5, 5.41) is 13.2.